The van der Waals surface area contributed by atoms with E-state index in [0.717, 1.165) is 22.2 Å². The Hall–Kier alpha value is -4.25. The molecule has 5 nitrogen and oxygen atoms in total. The van der Waals surface area contributed by atoms with Crippen LogP contribution in [0.15, 0.2) is 103 Å². The highest BCUT2D eigenvalue weighted by Crippen LogP contribution is 2.42. The van der Waals surface area contributed by atoms with Crippen LogP contribution in [0.25, 0.3) is 11.0 Å². The Labute approximate surface area is 185 Å². The number of carboxylic acids is 1. The van der Waals surface area contributed by atoms with Gasteiger partial charge in [-0.1, -0.05) is 91.0 Å². The third-order valence-corrected chi connectivity index (χ3v) is 5.81. The first kappa shape index (κ1) is 19.7. The van der Waals surface area contributed by atoms with Gasteiger partial charge in [0.2, 0.25) is 0 Å². The van der Waals surface area contributed by atoms with Crippen molar-refractivity contribution in [1.82, 2.24) is 14.8 Å². The molecule has 0 aliphatic carbocycles. The number of hydrogen-bond donors (Lipinski definition) is 1. The molecule has 5 aromatic rings. The molecule has 32 heavy (non-hydrogen) atoms. The molecule has 0 bridgehead atoms. The number of nitrogens with zero attached hydrogens (tertiary/aromatic N) is 3. The summed E-state index contributed by atoms with van der Waals surface area (Å²) >= 11 is 0. The Morgan fingerprint density at radius 1 is 0.750 bits per heavy atom. The van der Waals surface area contributed by atoms with Crippen molar-refractivity contribution < 1.29 is 9.90 Å². The summed E-state index contributed by atoms with van der Waals surface area (Å²) < 4.78 is 1.98. The molecule has 0 aliphatic heterocycles. The standard InChI is InChI=1S/C27H21N3O2/c1-19-25-24(18-17-23(28-25)26(31)32)30(29-19)27(20-11-5-2-6-12-20,21-13-7-3-8-14-21)22-15-9-4-10-16-22/h2-18H,1H3,(H,31,32). The number of rotatable bonds is 5. The van der Waals surface area contributed by atoms with Crippen LogP contribution in [0.4, 0.5) is 0 Å². The molecule has 0 spiro atoms. The molecule has 5 heteroatoms. The largest absolute Gasteiger partial charge is 0.477 e. The Balaban J connectivity index is 1.95. The Morgan fingerprint density at radius 3 is 1.66 bits per heavy atom. The van der Waals surface area contributed by atoms with Crippen LogP contribution in [0.1, 0.15) is 32.9 Å². The van der Waals surface area contributed by atoms with Crippen molar-refractivity contribution in [3.8, 4) is 0 Å². The fraction of sp³-hybridized carbons (Fsp3) is 0.0741. The van der Waals surface area contributed by atoms with Crippen molar-refractivity contribution in [2.45, 2.75) is 12.5 Å². The summed E-state index contributed by atoms with van der Waals surface area (Å²) in [6, 6.07) is 34.1. The number of carbonyl (C=O) groups is 1. The molecule has 0 saturated heterocycles. The molecule has 0 unspecified atom stereocenters. The minimum Gasteiger partial charge on any atom is -0.477 e. The van der Waals surface area contributed by atoms with Crippen molar-refractivity contribution in [2.75, 3.05) is 0 Å². The molecule has 0 radical (unpaired) electrons. The van der Waals surface area contributed by atoms with E-state index in [0.29, 0.717) is 11.2 Å². The van der Waals surface area contributed by atoms with Gasteiger partial charge in [-0.2, -0.15) is 5.10 Å². The van der Waals surface area contributed by atoms with Gasteiger partial charge < -0.3 is 5.11 Å². The summed E-state index contributed by atoms with van der Waals surface area (Å²) in [6.07, 6.45) is 0. The van der Waals surface area contributed by atoms with Gasteiger partial charge in [-0.05, 0) is 35.7 Å². The minimum atomic E-state index is -1.06. The molecule has 2 heterocycles. The van der Waals surface area contributed by atoms with Crippen LogP contribution in [-0.2, 0) is 5.54 Å². The lowest BCUT2D eigenvalue weighted by Crippen LogP contribution is -2.38. The van der Waals surface area contributed by atoms with Gasteiger partial charge in [-0.15, -0.1) is 0 Å². The first-order valence-corrected chi connectivity index (χ1v) is 10.4. The van der Waals surface area contributed by atoms with E-state index in [1.54, 1.807) is 6.07 Å². The van der Waals surface area contributed by atoms with Gasteiger partial charge in [0.05, 0.1) is 11.2 Å². The number of aryl methyl sites for hydroxylation is 1. The summed E-state index contributed by atoms with van der Waals surface area (Å²) in [4.78, 5) is 15.9. The van der Waals surface area contributed by atoms with Gasteiger partial charge in [-0.25, -0.2) is 14.5 Å². The second kappa shape index (κ2) is 7.78. The first-order chi connectivity index (χ1) is 15.6. The van der Waals surface area contributed by atoms with Crippen molar-refractivity contribution in [3.63, 3.8) is 0 Å². The van der Waals surface area contributed by atoms with Crippen LogP contribution in [-0.4, -0.2) is 25.8 Å². The molecular formula is C27H21N3O2. The molecule has 3 aromatic carbocycles. The van der Waals surface area contributed by atoms with Crippen molar-refractivity contribution >= 4 is 17.0 Å². The molecule has 0 amide bonds. The Morgan fingerprint density at radius 2 is 1.22 bits per heavy atom. The highest BCUT2D eigenvalue weighted by molar-refractivity contribution is 5.89. The quantitative estimate of drug-likeness (QED) is 0.394. The van der Waals surface area contributed by atoms with E-state index >= 15 is 0 Å². The lowest BCUT2D eigenvalue weighted by Gasteiger charge is -2.37. The fourth-order valence-electron chi connectivity index (χ4n) is 4.42. The van der Waals surface area contributed by atoms with E-state index in [4.69, 9.17) is 5.10 Å². The van der Waals surface area contributed by atoms with Crippen LogP contribution in [0.5, 0.6) is 0 Å². The molecular weight excluding hydrogens is 398 g/mol. The third-order valence-electron chi connectivity index (χ3n) is 5.81. The molecule has 0 atom stereocenters. The second-order valence-corrected chi connectivity index (χ2v) is 7.68. The van der Waals surface area contributed by atoms with Gasteiger partial charge in [0.25, 0.3) is 0 Å². The fourth-order valence-corrected chi connectivity index (χ4v) is 4.42. The number of fused-ring (bicyclic) bond motifs is 1. The van der Waals surface area contributed by atoms with Crippen LogP contribution in [0.3, 0.4) is 0 Å². The number of aromatic carboxylic acids is 1. The van der Waals surface area contributed by atoms with Gasteiger partial charge >= 0.3 is 5.97 Å². The Kier molecular flexibility index (Phi) is 4.79. The number of pyridine rings is 1. The monoisotopic (exact) mass is 419 g/mol. The molecule has 0 saturated carbocycles. The molecule has 0 fully saturated rings. The average molecular weight is 419 g/mol. The summed E-state index contributed by atoms with van der Waals surface area (Å²) in [5.41, 5.74) is 4.39. The number of aromatic nitrogens is 3. The van der Waals surface area contributed by atoms with Gasteiger partial charge in [0.15, 0.2) is 0 Å². The summed E-state index contributed by atoms with van der Waals surface area (Å²) in [6.45, 7) is 1.86. The van der Waals surface area contributed by atoms with Crippen LogP contribution < -0.4 is 0 Å². The number of hydrogen-bond acceptors (Lipinski definition) is 3. The predicted molar refractivity (Wildman–Crippen MR) is 124 cm³/mol. The molecule has 5 rings (SSSR count). The van der Waals surface area contributed by atoms with Crippen molar-refractivity contribution in [2.24, 2.45) is 0 Å². The van der Waals surface area contributed by atoms with E-state index in [2.05, 4.69) is 41.4 Å². The normalized spacial score (nSPS) is 11.5. The summed E-state index contributed by atoms with van der Waals surface area (Å²) in [5, 5.41) is 14.4. The van der Waals surface area contributed by atoms with E-state index in [9.17, 15) is 9.90 Å². The number of carboxylic acid groups (broad SMARTS) is 1. The lowest BCUT2D eigenvalue weighted by molar-refractivity contribution is 0.0691. The van der Waals surface area contributed by atoms with Crippen LogP contribution in [0.2, 0.25) is 0 Å². The highest BCUT2D eigenvalue weighted by atomic mass is 16.4. The van der Waals surface area contributed by atoms with Crippen molar-refractivity contribution in [1.29, 1.82) is 0 Å². The zero-order valence-electron chi connectivity index (χ0n) is 17.5. The number of benzene rings is 3. The Bertz CT molecular complexity index is 1300. The molecule has 156 valence electrons. The van der Waals surface area contributed by atoms with E-state index < -0.39 is 11.5 Å². The van der Waals surface area contributed by atoms with Crippen LogP contribution in [0, 0.1) is 6.92 Å². The van der Waals surface area contributed by atoms with Gasteiger partial charge in [-0.3, -0.25) is 0 Å². The van der Waals surface area contributed by atoms with E-state index in [1.807, 2.05) is 66.2 Å². The zero-order chi connectivity index (χ0) is 22.1. The maximum atomic E-state index is 11.5. The SMILES string of the molecule is Cc1nn(C(c2ccccc2)(c2ccccc2)c2ccccc2)c2ccc(C(=O)O)nc12. The topological polar surface area (TPSA) is 68.0 Å². The second-order valence-electron chi connectivity index (χ2n) is 7.68. The predicted octanol–water partition coefficient (Wildman–Crippen LogP) is 5.28. The smallest absolute Gasteiger partial charge is 0.354 e. The molecule has 1 N–H and O–H groups in total. The lowest BCUT2D eigenvalue weighted by atomic mass is 9.77. The third kappa shape index (κ3) is 2.98. The van der Waals surface area contributed by atoms with Gasteiger partial charge in [0, 0.05) is 0 Å². The maximum absolute atomic E-state index is 11.5. The van der Waals surface area contributed by atoms with Crippen LogP contribution >= 0.6 is 0 Å². The molecule has 2 aromatic heterocycles. The minimum absolute atomic E-state index is 0.00452. The zero-order valence-corrected chi connectivity index (χ0v) is 17.5. The summed E-state index contributed by atoms with van der Waals surface area (Å²) in [5.74, 6) is -1.06. The van der Waals surface area contributed by atoms with E-state index in [1.165, 1.54) is 6.07 Å². The van der Waals surface area contributed by atoms with E-state index in [-0.39, 0.29) is 5.69 Å². The average Bonchev–Trinajstić information content (AvgIpc) is 3.18. The van der Waals surface area contributed by atoms with Crippen molar-refractivity contribution in [3.05, 3.63) is 131 Å². The summed E-state index contributed by atoms with van der Waals surface area (Å²) in [7, 11) is 0. The maximum Gasteiger partial charge on any atom is 0.354 e. The first-order valence-electron chi connectivity index (χ1n) is 10.4. The molecule has 0 aliphatic rings. The highest BCUT2D eigenvalue weighted by Gasteiger charge is 2.40. The van der Waals surface area contributed by atoms with Gasteiger partial charge in [0.1, 0.15) is 16.7 Å².